The van der Waals surface area contributed by atoms with Crippen molar-refractivity contribution in [1.29, 1.82) is 0 Å². The van der Waals surface area contributed by atoms with Crippen LogP contribution in [-0.2, 0) is 4.74 Å². The van der Waals surface area contributed by atoms with Crippen LogP contribution in [-0.4, -0.2) is 32.7 Å². The number of amides is 2. The van der Waals surface area contributed by atoms with E-state index >= 15 is 0 Å². The number of aromatic nitrogens is 4. The van der Waals surface area contributed by atoms with Crippen LogP contribution in [0.4, 0.5) is 29.3 Å². The molecule has 3 aromatic heterocycles. The molecule has 0 aromatic carbocycles. The van der Waals surface area contributed by atoms with E-state index in [4.69, 9.17) is 4.74 Å². The molecule has 27 heavy (non-hydrogen) atoms. The fourth-order valence-corrected chi connectivity index (χ4v) is 2.45. The number of nitrogens with zero attached hydrogens (tertiary/aromatic N) is 4. The average molecular weight is 380 g/mol. The van der Waals surface area contributed by atoms with Gasteiger partial charge in [0.1, 0.15) is 5.69 Å². The lowest BCUT2D eigenvalue weighted by atomic mass is 10.2. The third kappa shape index (κ3) is 3.97. The van der Waals surface area contributed by atoms with Gasteiger partial charge in [0, 0.05) is 25.1 Å². The molecule has 3 rings (SSSR count). The van der Waals surface area contributed by atoms with Gasteiger partial charge in [-0.05, 0) is 19.1 Å². The van der Waals surface area contributed by atoms with Crippen molar-refractivity contribution < 1.29 is 22.7 Å². The van der Waals surface area contributed by atoms with Gasteiger partial charge in [-0.3, -0.25) is 4.98 Å². The van der Waals surface area contributed by atoms with Gasteiger partial charge in [-0.2, -0.15) is 4.39 Å². The molecule has 11 heteroatoms. The number of methoxy groups -OCH3 is 1. The van der Waals surface area contributed by atoms with Crippen molar-refractivity contribution in [3.8, 4) is 0 Å². The lowest BCUT2D eigenvalue weighted by Crippen LogP contribution is -2.22. The first-order chi connectivity index (χ1) is 12.9. The Kier molecular flexibility index (Phi) is 5.21. The van der Waals surface area contributed by atoms with E-state index < -0.39 is 30.2 Å². The predicted octanol–water partition coefficient (Wildman–Crippen LogP) is 3.55. The number of anilines is 2. The molecule has 0 radical (unpaired) electrons. The number of rotatable bonds is 5. The molecular weight excluding hydrogens is 365 g/mol. The summed E-state index contributed by atoms with van der Waals surface area (Å²) >= 11 is 0. The average Bonchev–Trinajstić information content (AvgIpc) is 3.01. The van der Waals surface area contributed by atoms with Crippen LogP contribution in [0.15, 0.2) is 30.6 Å². The molecule has 142 valence electrons. The number of hydrogen-bond acceptors (Lipinski definition) is 5. The van der Waals surface area contributed by atoms with Crippen LogP contribution in [0.5, 0.6) is 0 Å². The Morgan fingerprint density at radius 3 is 2.74 bits per heavy atom. The minimum atomic E-state index is -2.76. The van der Waals surface area contributed by atoms with Crippen molar-refractivity contribution in [2.45, 2.75) is 19.5 Å². The van der Waals surface area contributed by atoms with Gasteiger partial charge in [-0.1, -0.05) is 0 Å². The first kappa shape index (κ1) is 18.6. The molecule has 2 N–H and O–H groups in total. The fraction of sp³-hybridized carbons (Fsp3) is 0.250. The molecule has 2 amide bonds. The Morgan fingerprint density at radius 2 is 2.04 bits per heavy atom. The molecule has 0 aliphatic heterocycles. The molecule has 0 fully saturated rings. The smallest absolute Gasteiger partial charge is 0.323 e. The summed E-state index contributed by atoms with van der Waals surface area (Å²) in [5, 5.41) is 8.68. The van der Waals surface area contributed by atoms with Crippen molar-refractivity contribution in [2.24, 2.45) is 0 Å². The maximum absolute atomic E-state index is 13.5. The van der Waals surface area contributed by atoms with E-state index in [0.717, 1.165) is 18.3 Å². The SMILES string of the molecule is COC(C)c1c(NC(=O)Nc2ccnc(C(F)F)c2)cnc2cc(F)nn12. The van der Waals surface area contributed by atoms with Gasteiger partial charge in [0.2, 0.25) is 5.95 Å². The van der Waals surface area contributed by atoms with Crippen LogP contribution in [0, 0.1) is 5.95 Å². The quantitative estimate of drug-likeness (QED) is 0.706. The van der Waals surface area contributed by atoms with Crippen molar-refractivity contribution in [2.75, 3.05) is 17.7 Å². The van der Waals surface area contributed by atoms with E-state index in [2.05, 4.69) is 25.7 Å². The summed E-state index contributed by atoms with van der Waals surface area (Å²) in [4.78, 5) is 19.8. The molecule has 0 bridgehead atoms. The van der Waals surface area contributed by atoms with Crippen LogP contribution >= 0.6 is 0 Å². The molecule has 3 heterocycles. The molecule has 1 unspecified atom stereocenters. The Morgan fingerprint density at radius 1 is 1.26 bits per heavy atom. The number of nitrogens with one attached hydrogen (secondary N) is 2. The minimum absolute atomic E-state index is 0.137. The number of alkyl halides is 2. The summed E-state index contributed by atoms with van der Waals surface area (Å²) in [5.41, 5.74) is 0.508. The zero-order valence-electron chi connectivity index (χ0n) is 14.3. The largest absolute Gasteiger partial charge is 0.375 e. The predicted molar refractivity (Wildman–Crippen MR) is 90.2 cm³/mol. The van der Waals surface area contributed by atoms with E-state index in [1.165, 1.54) is 23.9 Å². The number of ether oxygens (including phenoxy) is 1. The maximum atomic E-state index is 13.5. The first-order valence-electron chi connectivity index (χ1n) is 7.78. The van der Waals surface area contributed by atoms with E-state index in [0.29, 0.717) is 5.69 Å². The van der Waals surface area contributed by atoms with Gasteiger partial charge >= 0.3 is 6.03 Å². The highest BCUT2D eigenvalue weighted by Crippen LogP contribution is 2.26. The maximum Gasteiger partial charge on any atom is 0.323 e. The summed E-state index contributed by atoms with van der Waals surface area (Å²) in [6.07, 6.45) is -0.810. The molecule has 1 atom stereocenters. The van der Waals surface area contributed by atoms with Gasteiger partial charge in [0.05, 0.1) is 23.7 Å². The van der Waals surface area contributed by atoms with E-state index in [-0.39, 0.29) is 17.0 Å². The molecule has 8 nitrogen and oxygen atoms in total. The standard InChI is InChI=1S/C16H15F3N6O2/c1-8(27-2)14-11(7-21-13-6-12(17)24-25(13)14)23-16(26)22-9-3-4-20-10(5-9)15(18)19/h3-8,15H,1-2H3,(H2,20,22,23,26). The second kappa shape index (κ2) is 7.58. The van der Waals surface area contributed by atoms with Gasteiger partial charge in [0.25, 0.3) is 6.43 Å². The molecule has 0 aliphatic carbocycles. The summed E-state index contributed by atoms with van der Waals surface area (Å²) in [5.74, 6) is -0.732. The molecule has 3 aromatic rings. The highest BCUT2D eigenvalue weighted by Gasteiger charge is 2.19. The highest BCUT2D eigenvalue weighted by atomic mass is 19.3. The zero-order valence-corrected chi connectivity index (χ0v) is 14.3. The van der Waals surface area contributed by atoms with Crippen molar-refractivity contribution in [1.82, 2.24) is 19.6 Å². The Bertz CT molecular complexity index is 978. The topological polar surface area (TPSA) is 93.4 Å². The van der Waals surface area contributed by atoms with Crippen LogP contribution in [0.2, 0.25) is 0 Å². The van der Waals surface area contributed by atoms with Crippen LogP contribution in [0.1, 0.15) is 30.8 Å². The third-order valence-electron chi connectivity index (χ3n) is 3.74. The summed E-state index contributed by atoms with van der Waals surface area (Å²) < 4.78 is 45.4. The third-order valence-corrected chi connectivity index (χ3v) is 3.74. The lowest BCUT2D eigenvalue weighted by Gasteiger charge is -2.17. The van der Waals surface area contributed by atoms with Crippen LogP contribution < -0.4 is 10.6 Å². The number of carbonyl (C=O) groups excluding carboxylic acids is 1. The molecule has 0 aliphatic rings. The summed E-state index contributed by atoms with van der Waals surface area (Å²) in [6, 6.07) is 2.86. The first-order valence-corrected chi connectivity index (χ1v) is 7.78. The number of hydrogen-bond donors (Lipinski definition) is 2. The van der Waals surface area contributed by atoms with Gasteiger partial charge < -0.3 is 15.4 Å². The van der Waals surface area contributed by atoms with Crippen LogP contribution in [0.3, 0.4) is 0 Å². The summed E-state index contributed by atoms with van der Waals surface area (Å²) in [7, 11) is 1.45. The second-order valence-electron chi connectivity index (χ2n) is 5.52. The monoisotopic (exact) mass is 380 g/mol. The molecular formula is C16H15F3N6O2. The van der Waals surface area contributed by atoms with Crippen molar-refractivity contribution in [3.63, 3.8) is 0 Å². The Hall–Kier alpha value is -3.21. The normalized spacial score (nSPS) is 12.4. The number of fused-ring (bicyclic) bond motifs is 1. The Labute approximate surface area is 151 Å². The number of urea groups is 1. The van der Waals surface area contributed by atoms with Gasteiger partial charge in [0.15, 0.2) is 5.65 Å². The fourth-order valence-electron chi connectivity index (χ4n) is 2.45. The molecule has 0 saturated carbocycles. The number of carbonyl (C=O) groups is 1. The van der Waals surface area contributed by atoms with E-state index in [9.17, 15) is 18.0 Å². The summed E-state index contributed by atoms with van der Waals surface area (Å²) in [6.45, 7) is 1.69. The Balaban J connectivity index is 1.87. The van der Waals surface area contributed by atoms with Gasteiger partial charge in [-0.15, -0.1) is 5.10 Å². The minimum Gasteiger partial charge on any atom is -0.375 e. The van der Waals surface area contributed by atoms with Crippen LogP contribution in [0.25, 0.3) is 5.65 Å². The lowest BCUT2D eigenvalue weighted by molar-refractivity contribution is 0.114. The molecule has 0 spiro atoms. The zero-order chi connectivity index (χ0) is 19.6. The highest BCUT2D eigenvalue weighted by molar-refractivity contribution is 6.00. The number of pyridine rings is 1. The number of halogens is 3. The van der Waals surface area contributed by atoms with Crippen molar-refractivity contribution in [3.05, 3.63) is 47.9 Å². The molecule has 0 saturated heterocycles. The van der Waals surface area contributed by atoms with E-state index in [1.54, 1.807) is 6.92 Å². The van der Waals surface area contributed by atoms with Gasteiger partial charge in [-0.25, -0.2) is 23.1 Å². The van der Waals surface area contributed by atoms with E-state index in [1.807, 2.05) is 0 Å². The second-order valence-corrected chi connectivity index (χ2v) is 5.52. The van der Waals surface area contributed by atoms with Crippen molar-refractivity contribution >= 4 is 23.1 Å².